The van der Waals surface area contributed by atoms with Gasteiger partial charge >= 0.3 is 0 Å². The SMILES string of the molecule is CN(C)C(=O)c1ccc(-c2cccc(-n3cnnc3)c2)cc1. The van der Waals surface area contributed by atoms with Crippen LogP contribution in [0.15, 0.2) is 61.2 Å². The second kappa shape index (κ2) is 5.81. The number of hydrogen-bond donors (Lipinski definition) is 0. The van der Waals surface area contributed by atoms with Crippen LogP contribution < -0.4 is 0 Å². The zero-order valence-electron chi connectivity index (χ0n) is 12.5. The molecule has 0 spiro atoms. The minimum absolute atomic E-state index is 0.00444. The number of rotatable bonds is 3. The highest BCUT2D eigenvalue weighted by molar-refractivity contribution is 5.94. The number of benzene rings is 2. The first-order valence-electron chi connectivity index (χ1n) is 6.92. The van der Waals surface area contributed by atoms with Crippen LogP contribution in [0.25, 0.3) is 16.8 Å². The van der Waals surface area contributed by atoms with Gasteiger partial charge in [-0.15, -0.1) is 10.2 Å². The fourth-order valence-corrected chi connectivity index (χ4v) is 2.24. The van der Waals surface area contributed by atoms with Gasteiger partial charge in [0.25, 0.3) is 5.91 Å². The summed E-state index contributed by atoms with van der Waals surface area (Å²) in [7, 11) is 3.50. The van der Waals surface area contributed by atoms with E-state index in [-0.39, 0.29) is 5.91 Å². The molecule has 0 N–H and O–H groups in total. The standard InChI is InChI=1S/C17H16N4O/c1-20(2)17(22)14-8-6-13(7-9-14)15-4-3-5-16(10-15)21-11-18-19-12-21/h3-12H,1-2H3. The van der Waals surface area contributed by atoms with Crippen LogP contribution in [0.1, 0.15) is 10.4 Å². The molecule has 0 atom stereocenters. The highest BCUT2D eigenvalue weighted by Crippen LogP contribution is 2.22. The van der Waals surface area contributed by atoms with E-state index in [1.165, 1.54) is 0 Å². The van der Waals surface area contributed by atoms with Crippen molar-refractivity contribution in [2.75, 3.05) is 14.1 Å². The Morgan fingerprint density at radius 2 is 1.64 bits per heavy atom. The fraction of sp³-hybridized carbons (Fsp3) is 0.118. The molecule has 1 amide bonds. The molecule has 0 aliphatic heterocycles. The lowest BCUT2D eigenvalue weighted by Crippen LogP contribution is -2.21. The van der Waals surface area contributed by atoms with Crippen LogP contribution in [0.5, 0.6) is 0 Å². The lowest BCUT2D eigenvalue weighted by Gasteiger charge is -2.11. The first-order valence-corrected chi connectivity index (χ1v) is 6.92. The second-order valence-corrected chi connectivity index (χ2v) is 5.20. The Morgan fingerprint density at radius 3 is 2.27 bits per heavy atom. The van der Waals surface area contributed by atoms with Gasteiger partial charge in [-0.1, -0.05) is 24.3 Å². The zero-order chi connectivity index (χ0) is 15.5. The molecule has 3 rings (SSSR count). The monoisotopic (exact) mass is 292 g/mol. The predicted molar refractivity (Wildman–Crippen MR) is 84.8 cm³/mol. The first kappa shape index (κ1) is 14.0. The lowest BCUT2D eigenvalue weighted by molar-refractivity contribution is 0.0827. The Balaban J connectivity index is 1.92. The summed E-state index contributed by atoms with van der Waals surface area (Å²) in [6.45, 7) is 0. The van der Waals surface area contributed by atoms with Gasteiger partial charge < -0.3 is 4.90 Å². The zero-order valence-corrected chi connectivity index (χ0v) is 12.5. The third-order valence-electron chi connectivity index (χ3n) is 3.43. The Bertz CT molecular complexity index is 777. The van der Waals surface area contributed by atoms with E-state index < -0.39 is 0 Å². The van der Waals surface area contributed by atoms with E-state index in [0.717, 1.165) is 16.8 Å². The van der Waals surface area contributed by atoms with Gasteiger partial charge in [-0.25, -0.2) is 0 Å². The van der Waals surface area contributed by atoms with Crippen molar-refractivity contribution in [2.45, 2.75) is 0 Å². The van der Waals surface area contributed by atoms with Crippen molar-refractivity contribution in [3.05, 3.63) is 66.7 Å². The molecule has 0 fully saturated rings. The Kier molecular flexibility index (Phi) is 3.70. The molecule has 0 aliphatic carbocycles. The highest BCUT2D eigenvalue weighted by atomic mass is 16.2. The van der Waals surface area contributed by atoms with Crippen molar-refractivity contribution in [1.29, 1.82) is 0 Å². The topological polar surface area (TPSA) is 51.0 Å². The number of carbonyl (C=O) groups excluding carboxylic acids is 1. The number of aromatic nitrogens is 3. The average molecular weight is 292 g/mol. The van der Waals surface area contributed by atoms with E-state index >= 15 is 0 Å². The van der Waals surface area contributed by atoms with Gasteiger partial charge in [-0.05, 0) is 35.4 Å². The lowest BCUT2D eigenvalue weighted by atomic mass is 10.0. The Labute approximate surface area is 128 Å². The molecule has 22 heavy (non-hydrogen) atoms. The van der Waals surface area contributed by atoms with Gasteiger partial charge in [-0.2, -0.15) is 0 Å². The minimum Gasteiger partial charge on any atom is -0.345 e. The summed E-state index contributed by atoms with van der Waals surface area (Å²) in [5.41, 5.74) is 3.82. The summed E-state index contributed by atoms with van der Waals surface area (Å²) in [6, 6.07) is 15.7. The minimum atomic E-state index is 0.00444. The molecule has 5 heteroatoms. The molecule has 110 valence electrons. The molecule has 5 nitrogen and oxygen atoms in total. The summed E-state index contributed by atoms with van der Waals surface area (Å²) in [5.74, 6) is 0.00444. The molecular formula is C17H16N4O. The van der Waals surface area contributed by atoms with Crippen LogP contribution in [-0.2, 0) is 0 Å². The van der Waals surface area contributed by atoms with Crippen molar-refractivity contribution in [3.63, 3.8) is 0 Å². The molecule has 1 heterocycles. The molecular weight excluding hydrogens is 276 g/mol. The molecule has 1 aromatic heterocycles. The van der Waals surface area contributed by atoms with Crippen LogP contribution in [0.2, 0.25) is 0 Å². The molecule has 0 saturated heterocycles. The van der Waals surface area contributed by atoms with Gasteiger partial charge in [0.2, 0.25) is 0 Å². The van der Waals surface area contributed by atoms with Gasteiger partial charge in [0.1, 0.15) is 12.7 Å². The first-order chi connectivity index (χ1) is 10.6. The number of nitrogens with zero attached hydrogens (tertiary/aromatic N) is 4. The van der Waals surface area contributed by atoms with Crippen molar-refractivity contribution in [2.24, 2.45) is 0 Å². The normalized spacial score (nSPS) is 10.5. The quantitative estimate of drug-likeness (QED) is 0.745. The van der Waals surface area contributed by atoms with E-state index in [1.54, 1.807) is 31.6 Å². The maximum atomic E-state index is 11.9. The van der Waals surface area contributed by atoms with Gasteiger partial charge in [0, 0.05) is 25.3 Å². The van der Waals surface area contributed by atoms with Crippen LogP contribution in [0, 0.1) is 0 Å². The average Bonchev–Trinajstić information content (AvgIpc) is 3.09. The highest BCUT2D eigenvalue weighted by Gasteiger charge is 2.08. The molecule has 0 aliphatic rings. The summed E-state index contributed by atoms with van der Waals surface area (Å²) < 4.78 is 1.85. The number of carbonyl (C=O) groups is 1. The molecule has 0 bridgehead atoms. The van der Waals surface area contributed by atoms with Crippen molar-refractivity contribution in [3.8, 4) is 16.8 Å². The van der Waals surface area contributed by atoms with Crippen LogP contribution >= 0.6 is 0 Å². The maximum Gasteiger partial charge on any atom is 0.253 e. The Morgan fingerprint density at radius 1 is 0.955 bits per heavy atom. The van der Waals surface area contributed by atoms with E-state index in [2.05, 4.69) is 16.3 Å². The fourth-order valence-electron chi connectivity index (χ4n) is 2.24. The third kappa shape index (κ3) is 2.74. The number of amides is 1. The molecule has 0 unspecified atom stereocenters. The van der Waals surface area contributed by atoms with Crippen LogP contribution in [0.3, 0.4) is 0 Å². The van der Waals surface area contributed by atoms with Crippen LogP contribution in [-0.4, -0.2) is 39.7 Å². The van der Waals surface area contributed by atoms with Crippen LogP contribution in [0.4, 0.5) is 0 Å². The molecule has 2 aromatic carbocycles. The smallest absolute Gasteiger partial charge is 0.253 e. The van der Waals surface area contributed by atoms with Gasteiger partial charge in [0.05, 0.1) is 0 Å². The van der Waals surface area contributed by atoms with Gasteiger partial charge in [-0.3, -0.25) is 9.36 Å². The maximum absolute atomic E-state index is 11.9. The largest absolute Gasteiger partial charge is 0.345 e. The summed E-state index contributed by atoms with van der Waals surface area (Å²) in [5, 5.41) is 7.64. The van der Waals surface area contributed by atoms with E-state index in [0.29, 0.717) is 5.56 Å². The van der Waals surface area contributed by atoms with Crippen molar-refractivity contribution < 1.29 is 4.79 Å². The molecule has 0 saturated carbocycles. The summed E-state index contributed by atoms with van der Waals surface area (Å²) >= 11 is 0. The summed E-state index contributed by atoms with van der Waals surface area (Å²) in [4.78, 5) is 13.5. The van der Waals surface area contributed by atoms with Gasteiger partial charge in [0.15, 0.2) is 0 Å². The Hall–Kier alpha value is -2.95. The molecule has 0 radical (unpaired) electrons. The second-order valence-electron chi connectivity index (χ2n) is 5.20. The summed E-state index contributed by atoms with van der Waals surface area (Å²) in [6.07, 6.45) is 3.33. The van der Waals surface area contributed by atoms with Crippen molar-refractivity contribution in [1.82, 2.24) is 19.7 Å². The number of hydrogen-bond acceptors (Lipinski definition) is 3. The van der Waals surface area contributed by atoms with E-state index in [1.807, 2.05) is 47.0 Å². The third-order valence-corrected chi connectivity index (χ3v) is 3.43. The van der Waals surface area contributed by atoms with Crippen molar-refractivity contribution >= 4 is 5.91 Å². The molecule has 3 aromatic rings. The van der Waals surface area contributed by atoms with E-state index in [9.17, 15) is 4.79 Å². The predicted octanol–water partition coefficient (Wildman–Crippen LogP) is 2.64. The van der Waals surface area contributed by atoms with E-state index in [4.69, 9.17) is 0 Å².